The Bertz CT molecular complexity index is 652. The Hall–Kier alpha value is -2.63. The molecule has 22 heavy (non-hydrogen) atoms. The van der Waals surface area contributed by atoms with Gasteiger partial charge in [-0.2, -0.15) is 0 Å². The van der Waals surface area contributed by atoms with Gasteiger partial charge in [0.2, 0.25) is 0 Å². The topological polar surface area (TPSA) is 68.7 Å². The molecule has 2 amide bonds. The van der Waals surface area contributed by atoms with E-state index in [-0.39, 0.29) is 11.8 Å². The maximum atomic E-state index is 12.1. The first-order valence-corrected chi connectivity index (χ1v) is 7.21. The van der Waals surface area contributed by atoms with Crippen molar-refractivity contribution in [2.75, 3.05) is 19.8 Å². The molecule has 2 aliphatic heterocycles. The van der Waals surface area contributed by atoms with E-state index in [0.29, 0.717) is 37.1 Å². The minimum absolute atomic E-state index is 0.276. The molecule has 3 heterocycles. The third kappa shape index (κ3) is 3.16. The molecule has 6 nitrogen and oxygen atoms in total. The number of ether oxygens (including phenoxy) is 2. The van der Waals surface area contributed by atoms with Gasteiger partial charge in [-0.25, -0.2) is 4.98 Å². The van der Waals surface area contributed by atoms with Gasteiger partial charge in [0, 0.05) is 12.6 Å². The molecule has 0 radical (unpaired) electrons. The highest BCUT2D eigenvalue weighted by Crippen LogP contribution is 2.27. The van der Waals surface area contributed by atoms with Crippen molar-refractivity contribution in [3.05, 3.63) is 36.1 Å². The van der Waals surface area contributed by atoms with Crippen LogP contribution in [0.25, 0.3) is 6.08 Å². The number of amides is 2. The van der Waals surface area contributed by atoms with E-state index in [0.717, 1.165) is 12.8 Å². The normalized spacial score (nSPS) is 17.6. The lowest BCUT2D eigenvalue weighted by Gasteiger charge is -2.17. The van der Waals surface area contributed by atoms with Crippen LogP contribution in [0, 0.1) is 0 Å². The Balaban J connectivity index is 1.72. The summed E-state index contributed by atoms with van der Waals surface area (Å²) in [6.45, 7) is 1.40. The minimum Gasteiger partial charge on any atom is -0.484 e. The summed E-state index contributed by atoms with van der Waals surface area (Å²) >= 11 is 0. The number of nitrogens with zero attached hydrogens (tertiary/aromatic N) is 2. The average molecular weight is 300 g/mol. The fourth-order valence-corrected chi connectivity index (χ4v) is 2.26. The molecule has 0 spiro atoms. The second kappa shape index (κ2) is 6.43. The fraction of sp³-hybridized carbons (Fsp3) is 0.312. The summed E-state index contributed by atoms with van der Waals surface area (Å²) in [7, 11) is 0. The van der Waals surface area contributed by atoms with Crippen molar-refractivity contribution in [2.24, 2.45) is 0 Å². The molecule has 114 valence electrons. The standard InChI is InChI=1S/C16H16N2O4/c19-14-4-2-1-3-9-18(14)15(20)8-6-12-5-7-13-16(17-12)22-11-10-21-13/h2,4-8H,1,3,9-11H2/b8-6+. The molecule has 0 fully saturated rings. The van der Waals surface area contributed by atoms with Gasteiger partial charge in [0.05, 0.1) is 5.69 Å². The summed E-state index contributed by atoms with van der Waals surface area (Å²) in [5, 5.41) is 0. The van der Waals surface area contributed by atoms with E-state index in [1.807, 2.05) is 0 Å². The number of allylic oxidation sites excluding steroid dienone is 1. The maximum absolute atomic E-state index is 12.1. The van der Waals surface area contributed by atoms with Crippen LogP contribution in [0.15, 0.2) is 30.4 Å². The monoisotopic (exact) mass is 300 g/mol. The van der Waals surface area contributed by atoms with Crippen LogP contribution >= 0.6 is 0 Å². The van der Waals surface area contributed by atoms with Gasteiger partial charge in [-0.05, 0) is 37.1 Å². The Labute approximate surface area is 128 Å². The smallest absolute Gasteiger partial charge is 0.257 e. The van der Waals surface area contributed by atoms with E-state index in [4.69, 9.17) is 9.47 Å². The van der Waals surface area contributed by atoms with Crippen molar-refractivity contribution >= 4 is 17.9 Å². The number of carbonyl (C=O) groups is 2. The predicted molar refractivity (Wildman–Crippen MR) is 79.4 cm³/mol. The van der Waals surface area contributed by atoms with Crippen LogP contribution in [0.5, 0.6) is 11.6 Å². The summed E-state index contributed by atoms with van der Waals surface area (Å²) in [5.74, 6) is 0.410. The molecule has 0 unspecified atom stereocenters. The van der Waals surface area contributed by atoms with Crippen molar-refractivity contribution in [1.82, 2.24) is 9.88 Å². The van der Waals surface area contributed by atoms with E-state index in [1.54, 1.807) is 24.3 Å². The molecule has 0 saturated carbocycles. The zero-order valence-electron chi connectivity index (χ0n) is 12.0. The van der Waals surface area contributed by atoms with E-state index < -0.39 is 0 Å². The Morgan fingerprint density at radius 3 is 3.05 bits per heavy atom. The van der Waals surface area contributed by atoms with E-state index in [1.165, 1.54) is 17.1 Å². The Morgan fingerprint density at radius 2 is 2.14 bits per heavy atom. The first-order valence-electron chi connectivity index (χ1n) is 7.21. The number of hydrogen-bond acceptors (Lipinski definition) is 5. The summed E-state index contributed by atoms with van der Waals surface area (Å²) < 4.78 is 10.8. The molecule has 0 aromatic carbocycles. The van der Waals surface area contributed by atoms with Crippen LogP contribution in [0.2, 0.25) is 0 Å². The summed E-state index contributed by atoms with van der Waals surface area (Å²) in [5.41, 5.74) is 0.579. The van der Waals surface area contributed by atoms with E-state index >= 15 is 0 Å². The second-order valence-electron chi connectivity index (χ2n) is 4.94. The van der Waals surface area contributed by atoms with E-state index in [9.17, 15) is 9.59 Å². The van der Waals surface area contributed by atoms with Crippen molar-refractivity contribution in [1.29, 1.82) is 0 Å². The van der Waals surface area contributed by atoms with Gasteiger partial charge in [-0.3, -0.25) is 14.5 Å². The third-order valence-corrected chi connectivity index (χ3v) is 3.37. The molecule has 0 aliphatic carbocycles. The van der Waals surface area contributed by atoms with Gasteiger partial charge < -0.3 is 9.47 Å². The molecule has 0 bridgehead atoms. The first-order chi connectivity index (χ1) is 10.7. The zero-order valence-corrected chi connectivity index (χ0v) is 12.0. The van der Waals surface area contributed by atoms with Crippen molar-refractivity contribution in [2.45, 2.75) is 12.8 Å². The molecular formula is C16H16N2O4. The number of aromatic nitrogens is 1. The maximum Gasteiger partial charge on any atom is 0.257 e. The molecular weight excluding hydrogens is 284 g/mol. The number of carbonyl (C=O) groups excluding carboxylic acids is 2. The van der Waals surface area contributed by atoms with Crippen LogP contribution in [-0.4, -0.2) is 41.5 Å². The molecule has 0 N–H and O–H groups in total. The summed E-state index contributed by atoms with van der Waals surface area (Å²) in [4.78, 5) is 29.4. The zero-order chi connectivity index (χ0) is 15.4. The van der Waals surface area contributed by atoms with Gasteiger partial charge in [0.15, 0.2) is 5.75 Å². The highest BCUT2D eigenvalue weighted by Gasteiger charge is 2.18. The number of pyridine rings is 1. The lowest BCUT2D eigenvalue weighted by atomic mass is 10.3. The van der Waals surface area contributed by atoms with Gasteiger partial charge in [0.1, 0.15) is 13.2 Å². The van der Waals surface area contributed by atoms with Gasteiger partial charge in [0.25, 0.3) is 17.7 Å². The fourth-order valence-electron chi connectivity index (χ4n) is 2.26. The first kappa shape index (κ1) is 14.3. The third-order valence-electron chi connectivity index (χ3n) is 3.37. The minimum atomic E-state index is -0.340. The molecule has 1 aromatic heterocycles. The largest absolute Gasteiger partial charge is 0.484 e. The van der Waals surface area contributed by atoms with Crippen LogP contribution in [0.3, 0.4) is 0 Å². The molecule has 0 saturated heterocycles. The molecule has 2 aliphatic rings. The van der Waals surface area contributed by atoms with Crippen molar-refractivity contribution in [3.63, 3.8) is 0 Å². The average Bonchev–Trinajstić information content (AvgIpc) is 2.77. The Kier molecular flexibility index (Phi) is 4.18. The molecule has 6 heteroatoms. The molecule has 1 aromatic rings. The van der Waals surface area contributed by atoms with Gasteiger partial charge in [-0.15, -0.1) is 0 Å². The number of fused-ring (bicyclic) bond motifs is 1. The van der Waals surface area contributed by atoms with E-state index in [2.05, 4.69) is 4.98 Å². The molecule has 3 rings (SSSR count). The highest BCUT2D eigenvalue weighted by molar-refractivity contribution is 6.06. The quantitative estimate of drug-likeness (QED) is 0.776. The number of imide groups is 1. The number of rotatable bonds is 2. The van der Waals surface area contributed by atoms with Crippen molar-refractivity contribution in [3.8, 4) is 11.6 Å². The van der Waals surface area contributed by atoms with Crippen molar-refractivity contribution < 1.29 is 19.1 Å². The van der Waals surface area contributed by atoms with Crippen LogP contribution in [0.1, 0.15) is 18.5 Å². The van der Waals surface area contributed by atoms with Crippen LogP contribution in [0.4, 0.5) is 0 Å². The molecule has 0 atom stereocenters. The predicted octanol–water partition coefficient (Wildman–Crippen LogP) is 1.57. The lowest BCUT2D eigenvalue weighted by molar-refractivity contribution is -0.138. The van der Waals surface area contributed by atoms with Gasteiger partial charge >= 0.3 is 0 Å². The summed E-state index contributed by atoms with van der Waals surface area (Å²) in [6.07, 6.45) is 7.76. The lowest BCUT2D eigenvalue weighted by Crippen LogP contribution is -2.34. The SMILES string of the molecule is O=C1C=CCCCN1C(=O)/C=C/c1ccc2c(n1)OCCO2. The Morgan fingerprint density at radius 1 is 1.27 bits per heavy atom. The second-order valence-corrected chi connectivity index (χ2v) is 4.94. The highest BCUT2D eigenvalue weighted by atomic mass is 16.6. The summed E-state index contributed by atoms with van der Waals surface area (Å²) in [6, 6.07) is 3.49. The van der Waals surface area contributed by atoms with Crippen LogP contribution in [-0.2, 0) is 9.59 Å². The number of hydrogen-bond donors (Lipinski definition) is 0. The van der Waals surface area contributed by atoms with Crippen LogP contribution < -0.4 is 9.47 Å². The van der Waals surface area contributed by atoms with Gasteiger partial charge in [-0.1, -0.05) is 6.08 Å².